The summed E-state index contributed by atoms with van der Waals surface area (Å²) in [7, 11) is -1.88. The second-order valence-corrected chi connectivity index (χ2v) is 6.51. The first kappa shape index (κ1) is 9.99. The number of hydrogen-bond acceptors (Lipinski definition) is 3. The molecule has 1 fully saturated rings. The smallest absolute Gasteiger partial charge is 0.0513 e. The summed E-state index contributed by atoms with van der Waals surface area (Å²) in [6.07, 6.45) is 3.39. The van der Waals surface area contributed by atoms with Gasteiger partial charge in [-0.2, -0.15) is 0 Å². The Morgan fingerprint density at radius 3 is 2.50 bits per heavy atom. The van der Waals surface area contributed by atoms with Gasteiger partial charge in [0.2, 0.25) is 0 Å². The van der Waals surface area contributed by atoms with Crippen LogP contribution in [-0.2, 0) is 9.73 Å². The third-order valence-electron chi connectivity index (χ3n) is 2.29. The van der Waals surface area contributed by atoms with Crippen LogP contribution in [0.3, 0.4) is 0 Å². The highest BCUT2D eigenvalue weighted by atomic mass is 32.2. The van der Waals surface area contributed by atoms with Gasteiger partial charge in [0, 0.05) is 22.2 Å². The third kappa shape index (κ3) is 3.11. The van der Waals surface area contributed by atoms with Crippen LogP contribution in [0.1, 0.15) is 6.92 Å². The molecule has 0 saturated carbocycles. The zero-order valence-electron chi connectivity index (χ0n) is 8.04. The Balaban J connectivity index is 2.36. The maximum absolute atomic E-state index is 11.2. The van der Waals surface area contributed by atoms with E-state index in [1.807, 2.05) is 0 Å². The van der Waals surface area contributed by atoms with Crippen molar-refractivity contribution in [1.82, 2.24) is 5.32 Å². The van der Waals surface area contributed by atoms with Gasteiger partial charge in [-0.15, -0.1) is 0 Å². The van der Waals surface area contributed by atoms with Crippen molar-refractivity contribution >= 4 is 9.73 Å². The Labute approximate surface area is 75.1 Å². The first-order chi connectivity index (χ1) is 5.49. The van der Waals surface area contributed by atoms with Crippen molar-refractivity contribution in [1.29, 1.82) is 0 Å². The molecule has 0 radical (unpaired) electrons. The van der Waals surface area contributed by atoms with Gasteiger partial charge in [0.15, 0.2) is 0 Å². The van der Waals surface area contributed by atoms with Crippen molar-refractivity contribution < 1.29 is 4.21 Å². The topological polar surface area (TPSA) is 41.5 Å². The van der Waals surface area contributed by atoms with Crippen molar-refractivity contribution in [2.75, 3.05) is 32.1 Å². The Bertz CT molecular complexity index is 244. The summed E-state index contributed by atoms with van der Waals surface area (Å²) in [5.41, 5.74) is 0. The highest BCUT2D eigenvalue weighted by Crippen LogP contribution is 2.16. The van der Waals surface area contributed by atoms with Gasteiger partial charge >= 0.3 is 0 Å². The van der Waals surface area contributed by atoms with Gasteiger partial charge in [-0.1, -0.05) is 6.92 Å². The molecule has 0 aromatic rings. The Morgan fingerprint density at radius 2 is 2.17 bits per heavy atom. The van der Waals surface area contributed by atoms with E-state index in [1.54, 1.807) is 12.5 Å². The number of nitrogens with zero attached hydrogens (tertiary/aromatic N) is 1. The molecule has 1 rings (SSSR count). The molecule has 3 nitrogen and oxygen atoms in total. The number of rotatable bonds is 3. The van der Waals surface area contributed by atoms with E-state index in [0.717, 1.165) is 25.6 Å². The van der Waals surface area contributed by atoms with Crippen LogP contribution in [0, 0.1) is 11.8 Å². The molecule has 1 saturated heterocycles. The third-order valence-corrected chi connectivity index (χ3v) is 3.06. The quantitative estimate of drug-likeness (QED) is 0.707. The highest BCUT2D eigenvalue weighted by molar-refractivity contribution is 7.92. The molecule has 0 aliphatic carbocycles. The Hall–Kier alpha value is -0.0900. The summed E-state index contributed by atoms with van der Waals surface area (Å²) in [5, 5.41) is 3.23. The molecule has 0 aromatic carbocycles. The van der Waals surface area contributed by atoms with E-state index in [9.17, 15) is 4.21 Å². The predicted molar refractivity (Wildman–Crippen MR) is 52.8 cm³/mol. The molecule has 0 amide bonds. The van der Waals surface area contributed by atoms with Gasteiger partial charge < -0.3 is 5.32 Å². The fourth-order valence-electron chi connectivity index (χ4n) is 1.16. The fraction of sp³-hybridized carbons (Fsp3) is 1.00. The van der Waals surface area contributed by atoms with Gasteiger partial charge in [-0.25, -0.2) is 4.36 Å². The standard InChI is InChI=1S/C8H18N2OS/c1-7(8-5-9-6-8)4-10-12(2,3)11/h7-9H,4-6H2,1-3H3. The van der Waals surface area contributed by atoms with Gasteiger partial charge in [0.25, 0.3) is 0 Å². The van der Waals surface area contributed by atoms with Crippen LogP contribution in [-0.4, -0.2) is 36.4 Å². The predicted octanol–water partition coefficient (Wildman–Crippen LogP) is 0.569. The summed E-state index contributed by atoms with van der Waals surface area (Å²) in [6.45, 7) is 5.13. The van der Waals surface area contributed by atoms with E-state index >= 15 is 0 Å². The molecule has 4 heteroatoms. The molecular formula is C8H18N2OS. The van der Waals surface area contributed by atoms with Crippen LogP contribution in [0.25, 0.3) is 0 Å². The van der Waals surface area contributed by atoms with E-state index in [2.05, 4.69) is 16.6 Å². The van der Waals surface area contributed by atoms with Gasteiger partial charge in [-0.3, -0.25) is 4.21 Å². The molecule has 1 aliphatic heterocycles. The molecule has 72 valence electrons. The van der Waals surface area contributed by atoms with Crippen LogP contribution in [0.2, 0.25) is 0 Å². The van der Waals surface area contributed by atoms with Gasteiger partial charge in [-0.05, 0) is 24.9 Å². The fourth-order valence-corrected chi connectivity index (χ4v) is 1.75. The first-order valence-corrected chi connectivity index (χ1v) is 6.66. The van der Waals surface area contributed by atoms with Crippen molar-refractivity contribution in [3.05, 3.63) is 0 Å². The second kappa shape index (κ2) is 3.75. The number of hydrogen-bond donors (Lipinski definition) is 1. The van der Waals surface area contributed by atoms with E-state index < -0.39 is 9.73 Å². The molecule has 1 heterocycles. The average Bonchev–Trinajstić information content (AvgIpc) is 1.78. The summed E-state index contributed by atoms with van der Waals surface area (Å²) in [6, 6.07) is 0. The summed E-state index contributed by atoms with van der Waals surface area (Å²) in [4.78, 5) is 0. The van der Waals surface area contributed by atoms with Crippen LogP contribution in [0.4, 0.5) is 0 Å². The molecule has 0 bridgehead atoms. The summed E-state index contributed by atoms with van der Waals surface area (Å²) < 4.78 is 15.4. The highest BCUT2D eigenvalue weighted by Gasteiger charge is 2.22. The van der Waals surface area contributed by atoms with Crippen LogP contribution in [0.5, 0.6) is 0 Å². The van der Waals surface area contributed by atoms with Crippen molar-refractivity contribution in [3.63, 3.8) is 0 Å². The lowest BCUT2D eigenvalue weighted by Gasteiger charge is -2.31. The zero-order valence-corrected chi connectivity index (χ0v) is 8.86. The first-order valence-electron chi connectivity index (χ1n) is 4.32. The Kier molecular flexibility index (Phi) is 3.12. The lowest BCUT2D eigenvalue weighted by Crippen LogP contribution is -2.46. The minimum Gasteiger partial charge on any atom is -0.316 e. The minimum absolute atomic E-state index is 0.576. The SMILES string of the molecule is CC(CN=S(C)(C)=O)C1CNC1. The largest absolute Gasteiger partial charge is 0.316 e. The zero-order chi connectivity index (χ0) is 9.19. The monoisotopic (exact) mass is 190 g/mol. The van der Waals surface area contributed by atoms with E-state index in [0.29, 0.717) is 5.92 Å². The lowest BCUT2D eigenvalue weighted by molar-refractivity contribution is 0.255. The molecule has 0 aromatic heterocycles. The number of nitrogens with one attached hydrogen (secondary N) is 1. The van der Waals surface area contributed by atoms with Gasteiger partial charge in [0.05, 0.1) is 6.54 Å². The van der Waals surface area contributed by atoms with Crippen molar-refractivity contribution in [3.8, 4) is 0 Å². The maximum Gasteiger partial charge on any atom is 0.0513 e. The average molecular weight is 190 g/mol. The van der Waals surface area contributed by atoms with Crippen LogP contribution >= 0.6 is 0 Å². The maximum atomic E-state index is 11.2. The minimum atomic E-state index is -1.88. The summed E-state index contributed by atoms with van der Waals surface area (Å²) >= 11 is 0. The van der Waals surface area contributed by atoms with Gasteiger partial charge in [0.1, 0.15) is 0 Å². The van der Waals surface area contributed by atoms with Crippen LogP contribution < -0.4 is 5.32 Å². The molecule has 12 heavy (non-hydrogen) atoms. The van der Waals surface area contributed by atoms with Crippen LogP contribution in [0.15, 0.2) is 4.36 Å². The second-order valence-electron chi connectivity index (χ2n) is 3.89. The molecular weight excluding hydrogens is 172 g/mol. The molecule has 1 N–H and O–H groups in total. The van der Waals surface area contributed by atoms with E-state index in [1.165, 1.54) is 0 Å². The molecule has 1 atom stereocenters. The normalized spacial score (nSPS) is 21.6. The van der Waals surface area contributed by atoms with E-state index in [4.69, 9.17) is 0 Å². The van der Waals surface area contributed by atoms with Crippen molar-refractivity contribution in [2.24, 2.45) is 16.2 Å². The summed E-state index contributed by atoms with van der Waals surface area (Å²) in [5.74, 6) is 1.32. The lowest BCUT2D eigenvalue weighted by atomic mass is 9.89. The molecule has 1 unspecified atom stereocenters. The molecule has 0 spiro atoms. The Morgan fingerprint density at radius 1 is 1.58 bits per heavy atom. The molecule has 1 aliphatic rings. The van der Waals surface area contributed by atoms with E-state index in [-0.39, 0.29) is 0 Å². The van der Waals surface area contributed by atoms with Crippen molar-refractivity contribution in [2.45, 2.75) is 6.92 Å².